The minimum Gasteiger partial charge on any atom is -0.480 e. The number of hydrogen-bond acceptors (Lipinski definition) is 7. The van der Waals surface area contributed by atoms with E-state index in [0.29, 0.717) is 58.0 Å². The lowest BCUT2D eigenvalue weighted by molar-refractivity contribution is -0.145. The summed E-state index contributed by atoms with van der Waals surface area (Å²) in [7, 11) is 0. The van der Waals surface area contributed by atoms with Gasteiger partial charge in [-0.15, -0.1) is 0 Å². The molecule has 0 aliphatic carbocycles. The largest absolute Gasteiger partial charge is 0.480 e. The van der Waals surface area contributed by atoms with Crippen LogP contribution in [0.4, 0.5) is 0 Å². The summed E-state index contributed by atoms with van der Waals surface area (Å²) in [4.78, 5) is 56.0. The van der Waals surface area contributed by atoms with Crippen molar-refractivity contribution in [3.05, 3.63) is 0 Å². The Labute approximate surface area is 205 Å². The molecule has 0 aromatic heterocycles. The number of rotatable bonds is 14. The summed E-state index contributed by atoms with van der Waals surface area (Å²) < 4.78 is 0. The molecule has 4 unspecified atom stereocenters. The van der Waals surface area contributed by atoms with E-state index in [2.05, 4.69) is 20.9 Å². The highest BCUT2D eigenvalue weighted by Gasteiger charge is 2.39. The lowest BCUT2D eigenvalue weighted by Crippen LogP contribution is -2.56. The van der Waals surface area contributed by atoms with Gasteiger partial charge in [-0.25, -0.2) is 4.79 Å². The molecule has 3 amide bonds. The quantitative estimate of drug-likeness (QED) is 0.0799. The first kappa shape index (κ1) is 28.3. The first-order valence-electron chi connectivity index (χ1n) is 12.4. The normalized spacial score (nSPS) is 21.2. The number of hydrogen-bond donors (Lipinski definition) is 7. The summed E-state index contributed by atoms with van der Waals surface area (Å²) >= 11 is 0. The maximum Gasteiger partial charge on any atom is 0.326 e. The third kappa shape index (κ3) is 8.98. The zero-order chi connectivity index (χ0) is 25.8. The molecule has 2 heterocycles. The number of nitrogens with zero attached hydrogens (tertiary/aromatic N) is 2. The molecule has 2 fully saturated rings. The van der Waals surface area contributed by atoms with E-state index in [0.717, 1.165) is 13.0 Å². The second-order valence-electron chi connectivity index (χ2n) is 9.03. The molecule has 2 aliphatic rings. The Morgan fingerprint density at radius 2 is 1.71 bits per heavy atom. The smallest absolute Gasteiger partial charge is 0.326 e. The summed E-state index contributed by atoms with van der Waals surface area (Å²) in [6.45, 7) is 1.85. The molecule has 0 aromatic carbocycles. The van der Waals surface area contributed by atoms with E-state index in [1.807, 2.05) is 0 Å². The van der Waals surface area contributed by atoms with Crippen LogP contribution in [0.5, 0.6) is 0 Å². The third-order valence-electron chi connectivity index (χ3n) is 6.34. The molecule has 2 saturated heterocycles. The van der Waals surface area contributed by atoms with Gasteiger partial charge in [0.1, 0.15) is 18.1 Å². The first-order valence-corrected chi connectivity index (χ1v) is 12.4. The summed E-state index contributed by atoms with van der Waals surface area (Å²) in [6.07, 6.45) is 4.95. The molecule has 0 saturated carbocycles. The molecule has 35 heavy (non-hydrogen) atoms. The summed E-state index contributed by atoms with van der Waals surface area (Å²) in [5, 5.41) is 18.1. The number of amides is 3. The second-order valence-corrected chi connectivity index (χ2v) is 9.03. The highest BCUT2D eigenvalue weighted by molar-refractivity contribution is 5.94. The lowest BCUT2D eigenvalue weighted by Gasteiger charge is -2.30. The Bertz CT molecular complexity index is 767. The van der Waals surface area contributed by atoms with Crippen molar-refractivity contribution in [3.8, 4) is 0 Å². The maximum atomic E-state index is 13.4. The number of nitrogens with one attached hydrogen (secondary N) is 3. The Kier molecular flexibility index (Phi) is 11.7. The van der Waals surface area contributed by atoms with Crippen molar-refractivity contribution in [2.24, 2.45) is 22.2 Å². The van der Waals surface area contributed by atoms with E-state index >= 15 is 0 Å². The van der Waals surface area contributed by atoms with Gasteiger partial charge in [-0.05, 0) is 70.9 Å². The zero-order valence-electron chi connectivity index (χ0n) is 20.2. The number of carboxylic acids is 1. The van der Waals surface area contributed by atoms with Crippen LogP contribution in [0.3, 0.4) is 0 Å². The first-order chi connectivity index (χ1) is 16.7. The number of guanidine groups is 1. The third-order valence-corrected chi connectivity index (χ3v) is 6.34. The van der Waals surface area contributed by atoms with E-state index in [9.17, 15) is 24.3 Å². The van der Waals surface area contributed by atoms with Crippen LogP contribution in [-0.2, 0) is 19.2 Å². The average Bonchev–Trinajstić information content (AvgIpc) is 3.52. The zero-order valence-corrected chi connectivity index (χ0v) is 20.2. The van der Waals surface area contributed by atoms with E-state index in [-0.39, 0.29) is 36.8 Å². The van der Waals surface area contributed by atoms with Crippen LogP contribution in [0.15, 0.2) is 4.99 Å². The molecule has 4 atom stereocenters. The molecule has 198 valence electrons. The monoisotopic (exact) mass is 496 g/mol. The maximum absolute atomic E-state index is 13.4. The Morgan fingerprint density at radius 1 is 1.00 bits per heavy atom. The molecule has 0 spiro atoms. The van der Waals surface area contributed by atoms with Gasteiger partial charge in [-0.1, -0.05) is 0 Å². The molecule has 2 rings (SSSR count). The molecule has 10 N–H and O–H groups in total. The number of aliphatic carboxylic acids is 1. The SMILES string of the molecule is NCCCCC(NC(=O)C1CCCN1)C(=O)N1CCCC1C(=O)NC(CCCN=C(N)N)C(=O)O. The Balaban J connectivity index is 2.03. The summed E-state index contributed by atoms with van der Waals surface area (Å²) in [5.74, 6) is -2.33. The molecule has 2 aliphatic heterocycles. The van der Waals surface area contributed by atoms with Gasteiger partial charge in [0, 0.05) is 13.1 Å². The highest BCUT2D eigenvalue weighted by Crippen LogP contribution is 2.21. The van der Waals surface area contributed by atoms with Crippen LogP contribution < -0.4 is 33.2 Å². The van der Waals surface area contributed by atoms with Gasteiger partial charge in [0.05, 0.1) is 6.04 Å². The topological polar surface area (TPSA) is 218 Å². The van der Waals surface area contributed by atoms with E-state index in [4.69, 9.17) is 17.2 Å². The fourth-order valence-electron chi connectivity index (χ4n) is 4.46. The van der Waals surface area contributed by atoms with Crippen LogP contribution in [-0.4, -0.2) is 90.0 Å². The van der Waals surface area contributed by atoms with Gasteiger partial charge < -0.3 is 43.2 Å². The number of unbranched alkanes of at least 4 members (excludes halogenated alkanes) is 1. The second kappa shape index (κ2) is 14.5. The fourth-order valence-corrected chi connectivity index (χ4v) is 4.46. The van der Waals surface area contributed by atoms with Crippen LogP contribution in [0, 0.1) is 0 Å². The van der Waals surface area contributed by atoms with Crippen LogP contribution in [0.25, 0.3) is 0 Å². The molecular formula is C22H40N8O5. The van der Waals surface area contributed by atoms with Crippen molar-refractivity contribution in [3.63, 3.8) is 0 Å². The molecule has 0 bridgehead atoms. The van der Waals surface area contributed by atoms with Crippen LogP contribution in [0.1, 0.15) is 57.8 Å². The van der Waals surface area contributed by atoms with E-state index < -0.39 is 30.0 Å². The number of aliphatic imine (C=N–C) groups is 1. The Hall–Kier alpha value is -2.93. The average molecular weight is 497 g/mol. The summed E-state index contributed by atoms with van der Waals surface area (Å²) in [6, 6.07) is -3.00. The molecule has 0 aromatic rings. The molecular weight excluding hydrogens is 456 g/mol. The predicted octanol–water partition coefficient (Wildman–Crippen LogP) is -2.03. The van der Waals surface area contributed by atoms with Gasteiger partial charge in [-0.2, -0.15) is 0 Å². The number of likely N-dealkylation sites (tertiary alicyclic amines) is 1. The van der Waals surface area contributed by atoms with Crippen molar-refractivity contribution in [2.45, 2.75) is 82.0 Å². The predicted molar refractivity (Wildman–Crippen MR) is 130 cm³/mol. The summed E-state index contributed by atoms with van der Waals surface area (Å²) in [5.41, 5.74) is 16.1. The fraction of sp³-hybridized carbons (Fsp3) is 0.773. The van der Waals surface area contributed by atoms with Crippen LogP contribution >= 0.6 is 0 Å². The van der Waals surface area contributed by atoms with Gasteiger partial charge in [0.2, 0.25) is 17.7 Å². The van der Waals surface area contributed by atoms with Crippen molar-refractivity contribution in [1.82, 2.24) is 20.9 Å². The number of carbonyl (C=O) groups excluding carboxylic acids is 3. The lowest BCUT2D eigenvalue weighted by atomic mass is 10.1. The van der Waals surface area contributed by atoms with Crippen LogP contribution in [0.2, 0.25) is 0 Å². The van der Waals surface area contributed by atoms with E-state index in [1.165, 1.54) is 4.90 Å². The molecule has 0 radical (unpaired) electrons. The minimum absolute atomic E-state index is 0.0853. The molecule has 13 heteroatoms. The molecule has 13 nitrogen and oxygen atoms in total. The van der Waals surface area contributed by atoms with Crippen molar-refractivity contribution in [1.29, 1.82) is 0 Å². The minimum atomic E-state index is -1.17. The standard InChI is InChI=1S/C22H40N8O5/c23-10-2-1-6-15(28-18(31)14-7-3-11-26-14)20(33)30-13-5-9-17(30)19(32)29-16(21(34)35)8-4-12-27-22(24)25/h14-17,26H,1-13,23H2,(H,28,31)(H,29,32)(H,34,35)(H4,24,25,27). The van der Waals surface area contributed by atoms with Gasteiger partial charge in [-0.3, -0.25) is 19.4 Å². The number of carbonyl (C=O) groups is 4. The van der Waals surface area contributed by atoms with Gasteiger partial charge in [0.25, 0.3) is 0 Å². The van der Waals surface area contributed by atoms with Gasteiger partial charge >= 0.3 is 5.97 Å². The van der Waals surface area contributed by atoms with Gasteiger partial charge in [0.15, 0.2) is 5.96 Å². The van der Waals surface area contributed by atoms with Crippen molar-refractivity contribution in [2.75, 3.05) is 26.2 Å². The van der Waals surface area contributed by atoms with Crippen molar-refractivity contribution < 1.29 is 24.3 Å². The number of carboxylic acid groups (broad SMARTS) is 1. The Morgan fingerprint density at radius 3 is 2.34 bits per heavy atom. The van der Waals surface area contributed by atoms with Crippen molar-refractivity contribution >= 4 is 29.7 Å². The van der Waals surface area contributed by atoms with E-state index in [1.54, 1.807) is 0 Å². The number of nitrogens with two attached hydrogens (primary N) is 3. The highest BCUT2D eigenvalue weighted by atomic mass is 16.4.